The number of benzene rings is 2. The number of carbonyl (C=O) groups is 3. The highest BCUT2D eigenvalue weighted by atomic mass is 16.5. The zero-order valence-electron chi connectivity index (χ0n) is 20.8. The summed E-state index contributed by atoms with van der Waals surface area (Å²) in [4.78, 5) is 36.6. The normalized spacial score (nSPS) is 13.5. The molecule has 8 heteroatoms. The fraction of sp³-hybridized carbons (Fsp3) is 0.444. The Hall–Kier alpha value is -3.39. The van der Waals surface area contributed by atoms with E-state index in [1.807, 2.05) is 70.2 Å². The molecule has 2 aromatic rings. The predicted molar refractivity (Wildman–Crippen MR) is 133 cm³/mol. The molecular weight excluding hydrogens is 448 g/mol. The van der Waals surface area contributed by atoms with Crippen molar-refractivity contribution in [2.24, 2.45) is 5.92 Å². The molecule has 3 atom stereocenters. The van der Waals surface area contributed by atoms with E-state index in [9.17, 15) is 19.5 Å². The summed E-state index contributed by atoms with van der Waals surface area (Å²) < 4.78 is 5.58. The largest absolute Gasteiger partial charge is 0.484 e. The van der Waals surface area contributed by atoms with Crippen LogP contribution >= 0.6 is 0 Å². The van der Waals surface area contributed by atoms with Crippen molar-refractivity contribution in [3.05, 3.63) is 65.2 Å². The molecule has 2 rings (SSSR count). The van der Waals surface area contributed by atoms with Gasteiger partial charge in [-0.2, -0.15) is 0 Å². The van der Waals surface area contributed by atoms with Crippen molar-refractivity contribution in [1.82, 2.24) is 10.6 Å². The Labute approximate surface area is 206 Å². The van der Waals surface area contributed by atoms with Gasteiger partial charge < -0.3 is 25.6 Å². The number of aliphatic hydroxyl groups is 1. The van der Waals surface area contributed by atoms with Gasteiger partial charge in [-0.05, 0) is 61.4 Å². The van der Waals surface area contributed by atoms with Crippen LogP contribution in [0.25, 0.3) is 0 Å². The number of aliphatic carboxylic acids is 1. The lowest BCUT2D eigenvalue weighted by Gasteiger charge is -2.28. The number of carbonyl (C=O) groups excluding carboxylic acids is 2. The minimum Gasteiger partial charge on any atom is -0.484 e. The Morgan fingerprint density at radius 3 is 2.26 bits per heavy atom. The molecule has 35 heavy (non-hydrogen) atoms. The van der Waals surface area contributed by atoms with E-state index in [1.165, 1.54) is 0 Å². The first-order valence-electron chi connectivity index (χ1n) is 11.8. The van der Waals surface area contributed by atoms with Gasteiger partial charge in [0.2, 0.25) is 5.91 Å². The summed E-state index contributed by atoms with van der Waals surface area (Å²) in [6.07, 6.45) is -0.966. The van der Waals surface area contributed by atoms with Crippen molar-refractivity contribution in [2.45, 2.75) is 65.1 Å². The van der Waals surface area contributed by atoms with Gasteiger partial charge in [0.25, 0.3) is 5.91 Å². The Bertz CT molecular complexity index is 992. The Balaban J connectivity index is 2.04. The molecule has 0 saturated heterocycles. The summed E-state index contributed by atoms with van der Waals surface area (Å²) in [6, 6.07) is 13.3. The molecule has 0 spiro atoms. The molecule has 0 fully saturated rings. The van der Waals surface area contributed by atoms with E-state index in [0.29, 0.717) is 12.2 Å². The number of amides is 2. The fourth-order valence-corrected chi connectivity index (χ4v) is 3.60. The maximum atomic E-state index is 13.1. The SMILES string of the molecule is Cc1ccc(OCC(=O)NC(C(=O)NC(Cc2ccccc2)C(O)CCC(=O)O)C(C)C)cc1C. The van der Waals surface area contributed by atoms with E-state index in [-0.39, 0.29) is 25.4 Å². The van der Waals surface area contributed by atoms with Crippen LogP contribution in [-0.4, -0.2) is 52.8 Å². The Kier molecular flexibility index (Phi) is 10.7. The summed E-state index contributed by atoms with van der Waals surface area (Å²) in [5.74, 6) is -1.57. The lowest BCUT2D eigenvalue weighted by atomic mass is 9.96. The molecule has 2 amide bonds. The molecule has 0 radical (unpaired) electrons. The molecular formula is C27H36N2O6. The van der Waals surface area contributed by atoms with Gasteiger partial charge in [-0.15, -0.1) is 0 Å². The number of rotatable bonds is 13. The quantitative estimate of drug-likeness (QED) is 0.347. The molecule has 0 aliphatic rings. The second-order valence-electron chi connectivity index (χ2n) is 9.13. The van der Waals surface area contributed by atoms with Crippen LogP contribution in [-0.2, 0) is 20.8 Å². The molecule has 4 N–H and O–H groups in total. The number of aryl methyl sites for hydroxylation is 2. The fourth-order valence-electron chi connectivity index (χ4n) is 3.60. The van der Waals surface area contributed by atoms with Crippen molar-refractivity contribution in [3.63, 3.8) is 0 Å². The molecule has 2 aromatic carbocycles. The van der Waals surface area contributed by atoms with Crippen LogP contribution in [0.5, 0.6) is 5.75 Å². The minimum atomic E-state index is -1.06. The van der Waals surface area contributed by atoms with Crippen LogP contribution < -0.4 is 15.4 Å². The average Bonchev–Trinajstić information content (AvgIpc) is 2.81. The molecule has 3 unspecified atom stereocenters. The van der Waals surface area contributed by atoms with Crippen molar-refractivity contribution in [1.29, 1.82) is 0 Å². The number of carboxylic acids is 1. The van der Waals surface area contributed by atoms with Gasteiger partial charge in [-0.1, -0.05) is 50.2 Å². The van der Waals surface area contributed by atoms with E-state index in [2.05, 4.69) is 10.6 Å². The summed E-state index contributed by atoms with van der Waals surface area (Å²) >= 11 is 0. The standard InChI is InChI=1S/C27H36N2O6/c1-17(2)26(29-24(31)16-35-21-11-10-18(3)19(4)14-21)27(34)28-22(23(30)12-13-25(32)33)15-20-8-6-5-7-9-20/h5-11,14,17,22-23,26,30H,12-13,15-16H2,1-4H3,(H,28,34)(H,29,31)(H,32,33). The third kappa shape index (κ3) is 9.41. The number of ether oxygens (including phenoxy) is 1. The van der Waals surface area contributed by atoms with Gasteiger partial charge in [0, 0.05) is 6.42 Å². The molecule has 0 aromatic heterocycles. The second kappa shape index (κ2) is 13.5. The van der Waals surface area contributed by atoms with Gasteiger partial charge in [-0.3, -0.25) is 14.4 Å². The van der Waals surface area contributed by atoms with Crippen LogP contribution in [0.1, 0.15) is 43.4 Å². The zero-order chi connectivity index (χ0) is 26.0. The lowest BCUT2D eigenvalue weighted by molar-refractivity contribution is -0.137. The van der Waals surface area contributed by atoms with Crippen LogP contribution in [0, 0.1) is 19.8 Å². The minimum absolute atomic E-state index is 0.00434. The van der Waals surface area contributed by atoms with E-state index in [1.54, 1.807) is 6.07 Å². The lowest BCUT2D eigenvalue weighted by Crippen LogP contribution is -2.55. The Morgan fingerprint density at radius 1 is 0.971 bits per heavy atom. The van der Waals surface area contributed by atoms with Gasteiger partial charge >= 0.3 is 5.97 Å². The molecule has 0 heterocycles. The van der Waals surface area contributed by atoms with E-state index in [0.717, 1.165) is 16.7 Å². The predicted octanol–water partition coefficient (Wildman–Crippen LogP) is 2.78. The Morgan fingerprint density at radius 2 is 1.66 bits per heavy atom. The first-order valence-corrected chi connectivity index (χ1v) is 11.8. The second-order valence-corrected chi connectivity index (χ2v) is 9.13. The smallest absolute Gasteiger partial charge is 0.303 e. The highest BCUT2D eigenvalue weighted by Crippen LogP contribution is 2.16. The number of carboxylic acid groups (broad SMARTS) is 1. The van der Waals surface area contributed by atoms with Crippen molar-refractivity contribution >= 4 is 17.8 Å². The van der Waals surface area contributed by atoms with Gasteiger partial charge in [-0.25, -0.2) is 0 Å². The van der Waals surface area contributed by atoms with Gasteiger partial charge in [0.05, 0.1) is 12.1 Å². The highest BCUT2D eigenvalue weighted by molar-refractivity contribution is 5.88. The van der Waals surface area contributed by atoms with Crippen LogP contribution in [0.3, 0.4) is 0 Å². The van der Waals surface area contributed by atoms with Gasteiger partial charge in [0.1, 0.15) is 11.8 Å². The van der Waals surface area contributed by atoms with Crippen molar-refractivity contribution < 1.29 is 29.3 Å². The third-order valence-electron chi connectivity index (χ3n) is 5.86. The average molecular weight is 485 g/mol. The van der Waals surface area contributed by atoms with Crippen molar-refractivity contribution in [3.8, 4) is 5.75 Å². The summed E-state index contributed by atoms with van der Waals surface area (Å²) in [5, 5.41) is 25.2. The molecule has 190 valence electrons. The van der Waals surface area contributed by atoms with E-state index in [4.69, 9.17) is 9.84 Å². The van der Waals surface area contributed by atoms with E-state index < -0.39 is 36.0 Å². The summed E-state index contributed by atoms with van der Waals surface area (Å²) in [7, 11) is 0. The number of hydrogen-bond donors (Lipinski definition) is 4. The molecule has 0 bridgehead atoms. The first kappa shape index (κ1) is 27.9. The van der Waals surface area contributed by atoms with E-state index >= 15 is 0 Å². The maximum absolute atomic E-state index is 13.1. The topological polar surface area (TPSA) is 125 Å². The molecule has 0 aliphatic heterocycles. The monoisotopic (exact) mass is 484 g/mol. The number of aliphatic hydroxyl groups excluding tert-OH is 1. The van der Waals surface area contributed by atoms with Crippen LogP contribution in [0.4, 0.5) is 0 Å². The maximum Gasteiger partial charge on any atom is 0.303 e. The molecule has 8 nitrogen and oxygen atoms in total. The molecule has 0 saturated carbocycles. The summed E-state index contributed by atoms with van der Waals surface area (Å²) in [5.41, 5.74) is 3.06. The number of hydrogen-bond acceptors (Lipinski definition) is 5. The summed E-state index contributed by atoms with van der Waals surface area (Å²) in [6.45, 7) is 7.32. The van der Waals surface area contributed by atoms with Crippen LogP contribution in [0.2, 0.25) is 0 Å². The van der Waals surface area contributed by atoms with Gasteiger partial charge in [0.15, 0.2) is 6.61 Å². The highest BCUT2D eigenvalue weighted by Gasteiger charge is 2.29. The van der Waals surface area contributed by atoms with Crippen molar-refractivity contribution in [2.75, 3.05) is 6.61 Å². The molecule has 0 aliphatic carbocycles. The van der Waals surface area contributed by atoms with Crippen LogP contribution in [0.15, 0.2) is 48.5 Å². The first-order chi connectivity index (χ1) is 16.6. The third-order valence-corrected chi connectivity index (χ3v) is 5.86. The number of nitrogens with one attached hydrogen (secondary N) is 2. The zero-order valence-corrected chi connectivity index (χ0v) is 20.8.